The van der Waals surface area contributed by atoms with Crippen molar-refractivity contribution in [3.8, 4) is 5.75 Å². The summed E-state index contributed by atoms with van der Waals surface area (Å²) >= 11 is 5.89. The fourth-order valence-corrected chi connectivity index (χ4v) is 2.12. The van der Waals surface area contributed by atoms with Crippen molar-refractivity contribution in [2.75, 3.05) is 17.7 Å². The van der Waals surface area contributed by atoms with Gasteiger partial charge in [-0.25, -0.2) is 0 Å². The smallest absolute Gasteiger partial charge is 0.259 e. The molecule has 0 radical (unpaired) electrons. The molecule has 0 fully saturated rings. The van der Waals surface area contributed by atoms with Crippen LogP contribution in [0.25, 0.3) is 0 Å². The van der Waals surface area contributed by atoms with Gasteiger partial charge in [-0.3, -0.25) is 9.59 Å². The van der Waals surface area contributed by atoms with Crippen LogP contribution in [0, 0.1) is 0 Å². The van der Waals surface area contributed by atoms with E-state index in [1.54, 1.807) is 42.5 Å². The lowest BCUT2D eigenvalue weighted by molar-refractivity contribution is -0.114. The van der Waals surface area contributed by atoms with Crippen molar-refractivity contribution in [2.45, 2.75) is 6.92 Å². The molecule has 2 N–H and O–H groups in total. The van der Waals surface area contributed by atoms with E-state index in [1.165, 1.54) is 14.0 Å². The number of amides is 2. The number of carbonyl (C=O) groups is 2. The SMILES string of the molecule is COc1ccc(NC(C)=O)cc1C(=O)Nc1cccc(Cl)c1. The Bertz CT molecular complexity index is 716. The maximum absolute atomic E-state index is 12.4. The zero-order chi connectivity index (χ0) is 16.1. The second-order valence-corrected chi connectivity index (χ2v) is 5.00. The summed E-state index contributed by atoms with van der Waals surface area (Å²) in [6.45, 7) is 1.40. The van der Waals surface area contributed by atoms with E-state index in [0.29, 0.717) is 27.7 Å². The zero-order valence-electron chi connectivity index (χ0n) is 12.1. The van der Waals surface area contributed by atoms with Crippen LogP contribution in [0.15, 0.2) is 42.5 Å². The summed E-state index contributed by atoms with van der Waals surface area (Å²) in [5, 5.41) is 5.89. The average Bonchev–Trinajstić information content (AvgIpc) is 2.46. The number of hydrogen-bond donors (Lipinski definition) is 2. The van der Waals surface area contributed by atoms with Crippen molar-refractivity contribution in [2.24, 2.45) is 0 Å². The third-order valence-corrected chi connectivity index (χ3v) is 3.08. The molecule has 6 heteroatoms. The summed E-state index contributed by atoms with van der Waals surface area (Å²) in [6.07, 6.45) is 0. The number of benzene rings is 2. The Morgan fingerprint density at radius 3 is 2.41 bits per heavy atom. The highest BCUT2D eigenvalue weighted by Gasteiger charge is 2.14. The van der Waals surface area contributed by atoms with Gasteiger partial charge in [0.25, 0.3) is 5.91 Å². The molecule has 0 saturated heterocycles. The van der Waals surface area contributed by atoms with Crippen molar-refractivity contribution in [1.29, 1.82) is 0 Å². The molecule has 0 unspecified atom stereocenters. The minimum atomic E-state index is -0.355. The Morgan fingerprint density at radius 1 is 1.05 bits per heavy atom. The lowest BCUT2D eigenvalue weighted by Gasteiger charge is -2.11. The van der Waals surface area contributed by atoms with E-state index in [-0.39, 0.29) is 11.8 Å². The van der Waals surface area contributed by atoms with Crippen LogP contribution in [0.3, 0.4) is 0 Å². The van der Waals surface area contributed by atoms with Crippen LogP contribution in [0.2, 0.25) is 5.02 Å². The van der Waals surface area contributed by atoms with Gasteiger partial charge in [0.2, 0.25) is 5.91 Å². The first-order valence-corrected chi connectivity index (χ1v) is 6.90. The van der Waals surface area contributed by atoms with Crippen molar-refractivity contribution in [3.05, 3.63) is 53.1 Å². The molecule has 2 amide bonds. The average molecular weight is 319 g/mol. The Kier molecular flexibility index (Phi) is 5.01. The van der Waals surface area contributed by atoms with Crippen LogP contribution in [-0.4, -0.2) is 18.9 Å². The van der Waals surface area contributed by atoms with E-state index < -0.39 is 0 Å². The van der Waals surface area contributed by atoms with Crippen LogP contribution >= 0.6 is 11.6 Å². The van der Waals surface area contributed by atoms with Crippen molar-refractivity contribution >= 4 is 34.8 Å². The van der Waals surface area contributed by atoms with Crippen LogP contribution in [0.4, 0.5) is 11.4 Å². The van der Waals surface area contributed by atoms with E-state index >= 15 is 0 Å². The zero-order valence-corrected chi connectivity index (χ0v) is 12.9. The molecule has 2 aromatic rings. The number of anilines is 2. The molecule has 0 bridgehead atoms. The fourth-order valence-electron chi connectivity index (χ4n) is 1.93. The summed E-state index contributed by atoms with van der Waals surface area (Å²) in [5.41, 5.74) is 1.41. The monoisotopic (exact) mass is 318 g/mol. The van der Waals surface area contributed by atoms with Crippen molar-refractivity contribution in [1.82, 2.24) is 0 Å². The largest absolute Gasteiger partial charge is 0.496 e. The lowest BCUT2D eigenvalue weighted by atomic mass is 10.1. The van der Waals surface area contributed by atoms with E-state index in [0.717, 1.165) is 0 Å². The van der Waals surface area contributed by atoms with Crippen LogP contribution in [0.5, 0.6) is 5.75 Å². The van der Waals surface area contributed by atoms with Gasteiger partial charge in [0.15, 0.2) is 0 Å². The number of nitrogens with one attached hydrogen (secondary N) is 2. The molecule has 0 aliphatic heterocycles. The minimum Gasteiger partial charge on any atom is -0.496 e. The van der Waals surface area contributed by atoms with Gasteiger partial charge >= 0.3 is 0 Å². The van der Waals surface area contributed by atoms with Gasteiger partial charge in [0.05, 0.1) is 12.7 Å². The molecule has 0 saturated carbocycles. The molecule has 0 spiro atoms. The van der Waals surface area contributed by atoms with Crippen molar-refractivity contribution in [3.63, 3.8) is 0 Å². The number of ether oxygens (including phenoxy) is 1. The Balaban J connectivity index is 2.28. The van der Waals surface area contributed by atoms with Gasteiger partial charge in [0, 0.05) is 23.3 Å². The Labute approximate surface area is 133 Å². The number of hydrogen-bond acceptors (Lipinski definition) is 3. The molecule has 0 atom stereocenters. The highest BCUT2D eigenvalue weighted by molar-refractivity contribution is 6.31. The van der Waals surface area contributed by atoms with Gasteiger partial charge in [-0.1, -0.05) is 17.7 Å². The number of carbonyl (C=O) groups excluding carboxylic acids is 2. The predicted molar refractivity (Wildman–Crippen MR) is 86.7 cm³/mol. The fraction of sp³-hybridized carbons (Fsp3) is 0.125. The van der Waals surface area contributed by atoms with E-state index in [4.69, 9.17) is 16.3 Å². The second-order valence-electron chi connectivity index (χ2n) is 4.56. The van der Waals surface area contributed by atoms with Gasteiger partial charge in [-0.2, -0.15) is 0 Å². The van der Waals surface area contributed by atoms with Crippen molar-refractivity contribution < 1.29 is 14.3 Å². The summed E-state index contributed by atoms with van der Waals surface area (Å²) in [4.78, 5) is 23.5. The number of halogens is 1. The first kappa shape index (κ1) is 15.9. The summed E-state index contributed by atoms with van der Waals surface area (Å²) in [5.74, 6) is -0.161. The maximum Gasteiger partial charge on any atom is 0.259 e. The first-order chi connectivity index (χ1) is 10.5. The summed E-state index contributed by atoms with van der Waals surface area (Å²) < 4.78 is 5.19. The Hall–Kier alpha value is -2.53. The second kappa shape index (κ2) is 6.95. The quantitative estimate of drug-likeness (QED) is 0.905. The lowest BCUT2D eigenvalue weighted by Crippen LogP contribution is -2.14. The number of rotatable bonds is 4. The number of methoxy groups -OCH3 is 1. The van der Waals surface area contributed by atoms with E-state index in [9.17, 15) is 9.59 Å². The van der Waals surface area contributed by atoms with Gasteiger partial charge in [0.1, 0.15) is 5.75 Å². The molecule has 2 aromatic carbocycles. The molecule has 22 heavy (non-hydrogen) atoms. The Morgan fingerprint density at radius 2 is 1.77 bits per heavy atom. The third-order valence-electron chi connectivity index (χ3n) is 2.85. The normalized spacial score (nSPS) is 9.95. The van der Waals surface area contributed by atoms with E-state index in [2.05, 4.69) is 10.6 Å². The maximum atomic E-state index is 12.4. The van der Waals surface area contributed by atoms with Gasteiger partial charge < -0.3 is 15.4 Å². The van der Waals surface area contributed by atoms with Gasteiger partial charge in [-0.05, 0) is 36.4 Å². The molecule has 5 nitrogen and oxygen atoms in total. The highest BCUT2D eigenvalue weighted by atomic mass is 35.5. The highest BCUT2D eigenvalue weighted by Crippen LogP contribution is 2.24. The van der Waals surface area contributed by atoms with Gasteiger partial charge in [-0.15, -0.1) is 0 Å². The molecular formula is C16H15ClN2O3. The molecule has 0 aromatic heterocycles. The molecular weight excluding hydrogens is 304 g/mol. The summed E-state index contributed by atoms with van der Waals surface area (Å²) in [6, 6.07) is 11.7. The summed E-state index contributed by atoms with van der Waals surface area (Å²) in [7, 11) is 1.48. The molecule has 114 valence electrons. The van der Waals surface area contributed by atoms with Crippen LogP contribution in [-0.2, 0) is 4.79 Å². The van der Waals surface area contributed by atoms with E-state index in [1.807, 2.05) is 0 Å². The third kappa shape index (κ3) is 3.99. The molecule has 2 rings (SSSR count). The molecule has 0 heterocycles. The predicted octanol–water partition coefficient (Wildman–Crippen LogP) is 3.56. The minimum absolute atomic E-state index is 0.216. The first-order valence-electron chi connectivity index (χ1n) is 6.52. The standard InChI is InChI=1S/C16H15ClN2O3/c1-10(20)18-13-6-7-15(22-2)14(9-13)16(21)19-12-5-3-4-11(17)8-12/h3-9H,1-2H3,(H,18,20)(H,19,21). The molecule has 0 aliphatic carbocycles. The molecule has 0 aliphatic rings. The topological polar surface area (TPSA) is 67.4 Å². The van der Waals surface area contributed by atoms with Crippen LogP contribution in [0.1, 0.15) is 17.3 Å². The van der Waals surface area contributed by atoms with Crippen LogP contribution < -0.4 is 15.4 Å².